The molecule has 1 fully saturated rings. The number of hydrogen-bond donors (Lipinski definition) is 2. The number of carbonyl (C=O) groups excluding carboxylic acids is 2. The summed E-state index contributed by atoms with van der Waals surface area (Å²) in [7, 11) is -1.80. The Kier molecular flexibility index (Phi) is 8.85. The molecule has 7 nitrogen and oxygen atoms in total. The van der Waals surface area contributed by atoms with Gasteiger partial charge >= 0.3 is 0 Å². The summed E-state index contributed by atoms with van der Waals surface area (Å²) >= 11 is 0. The second-order valence-corrected chi connectivity index (χ2v) is 11.1. The van der Waals surface area contributed by atoms with E-state index in [1.165, 1.54) is 0 Å². The Morgan fingerprint density at radius 1 is 1.00 bits per heavy atom. The molecule has 2 aromatic carbocycles. The van der Waals surface area contributed by atoms with Crippen LogP contribution in [0.15, 0.2) is 59.5 Å². The average molecular weight is 486 g/mol. The number of sulfonamides is 1. The van der Waals surface area contributed by atoms with Crippen molar-refractivity contribution in [1.29, 1.82) is 0 Å². The zero-order valence-corrected chi connectivity index (χ0v) is 21.0. The molecular formula is C26H35N3O4S. The molecule has 0 aliphatic heterocycles. The number of hydrogen-bond acceptors (Lipinski definition) is 4. The van der Waals surface area contributed by atoms with Crippen molar-refractivity contribution in [1.82, 2.24) is 14.9 Å². The maximum atomic E-state index is 12.7. The topological polar surface area (TPSA) is 95.6 Å². The average Bonchev–Trinajstić information content (AvgIpc) is 2.83. The lowest BCUT2D eigenvalue weighted by molar-refractivity contribution is -0.136. The first-order valence-electron chi connectivity index (χ1n) is 11.8. The van der Waals surface area contributed by atoms with Gasteiger partial charge in [0.1, 0.15) is 6.04 Å². The Labute approximate surface area is 203 Å². The Balaban J connectivity index is 1.42. The molecule has 1 atom stereocenters. The van der Waals surface area contributed by atoms with Crippen molar-refractivity contribution in [2.45, 2.75) is 57.0 Å². The minimum absolute atomic E-state index is 0.104. The van der Waals surface area contributed by atoms with Crippen LogP contribution < -0.4 is 10.0 Å². The normalized spacial score (nSPS) is 19.3. The SMILES string of the molecule is Cc1ccc(S(=O)(=O)NCC2CCC(C(=O)N[C@@H](C)C(=O)N(C)Cc3ccccc3)CC2)cc1. The number of nitrogens with one attached hydrogen (secondary N) is 2. The van der Waals surface area contributed by atoms with Crippen molar-refractivity contribution in [3.8, 4) is 0 Å². The van der Waals surface area contributed by atoms with E-state index in [1.54, 1.807) is 43.1 Å². The van der Waals surface area contributed by atoms with Crippen LogP contribution in [0.1, 0.15) is 43.7 Å². The maximum absolute atomic E-state index is 12.7. The van der Waals surface area contributed by atoms with Crippen LogP contribution in [0, 0.1) is 18.8 Å². The van der Waals surface area contributed by atoms with E-state index < -0.39 is 16.1 Å². The number of nitrogens with zero attached hydrogens (tertiary/aromatic N) is 1. The van der Waals surface area contributed by atoms with Crippen LogP contribution in [0.2, 0.25) is 0 Å². The van der Waals surface area contributed by atoms with E-state index in [9.17, 15) is 18.0 Å². The quantitative estimate of drug-likeness (QED) is 0.570. The fourth-order valence-corrected chi connectivity index (χ4v) is 5.43. The molecule has 184 valence electrons. The van der Waals surface area contributed by atoms with Gasteiger partial charge in [0, 0.05) is 26.1 Å². The summed E-state index contributed by atoms with van der Waals surface area (Å²) in [6, 6.07) is 15.9. The van der Waals surface area contributed by atoms with Crippen LogP contribution in [0.4, 0.5) is 0 Å². The largest absolute Gasteiger partial charge is 0.344 e. The molecule has 0 heterocycles. The third-order valence-corrected chi connectivity index (χ3v) is 7.92. The van der Waals surface area contributed by atoms with E-state index in [0.717, 1.165) is 24.0 Å². The van der Waals surface area contributed by atoms with Gasteiger partial charge in [-0.1, -0.05) is 48.0 Å². The molecular weight excluding hydrogens is 450 g/mol. The first-order valence-corrected chi connectivity index (χ1v) is 13.3. The molecule has 0 radical (unpaired) electrons. The molecule has 8 heteroatoms. The molecule has 1 aliphatic carbocycles. The molecule has 2 aromatic rings. The highest BCUT2D eigenvalue weighted by Crippen LogP contribution is 2.29. The van der Waals surface area contributed by atoms with Crippen molar-refractivity contribution < 1.29 is 18.0 Å². The summed E-state index contributed by atoms with van der Waals surface area (Å²) in [6.45, 7) is 4.48. The molecule has 0 spiro atoms. The van der Waals surface area contributed by atoms with Gasteiger partial charge in [-0.3, -0.25) is 9.59 Å². The van der Waals surface area contributed by atoms with Gasteiger partial charge in [-0.2, -0.15) is 0 Å². The summed E-state index contributed by atoms with van der Waals surface area (Å²) in [6.07, 6.45) is 2.91. The second-order valence-electron chi connectivity index (χ2n) is 9.29. The number of likely N-dealkylation sites (N-methyl/N-ethyl adjacent to an activating group) is 1. The summed E-state index contributed by atoms with van der Waals surface area (Å²) in [5.41, 5.74) is 2.04. The van der Waals surface area contributed by atoms with E-state index in [-0.39, 0.29) is 28.5 Å². The zero-order valence-electron chi connectivity index (χ0n) is 20.2. The number of aryl methyl sites for hydroxylation is 1. The van der Waals surface area contributed by atoms with Gasteiger partial charge in [0.25, 0.3) is 0 Å². The minimum atomic E-state index is -3.53. The molecule has 2 amide bonds. The Morgan fingerprint density at radius 2 is 1.62 bits per heavy atom. The molecule has 2 N–H and O–H groups in total. The Hall–Kier alpha value is -2.71. The molecule has 0 aromatic heterocycles. The summed E-state index contributed by atoms with van der Waals surface area (Å²) in [5, 5.41) is 2.87. The van der Waals surface area contributed by atoms with Gasteiger partial charge in [0.15, 0.2) is 0 Å². The van der Waals surface area contributed by atoms with Gasteiger partial charge in [0.05, 0.1) is 4.90 Å². The standard InChI is InChI=1S/C26H35N3O4S/c1-19-9-15-24(16-10-19)34(32,33)27-17-21-11-13-23(14-12-21)25(30)28-20(2)26(31)29(3)18-22-7-5-4-6-8-22/h4-10,15-16,20-21,23,27H,11-14,17-18H2,1-3H3,(H,28,30)/t20-,21?,23?/m0/s1. The van der Waals surface area contributed by atoms with E-state index in [4.69, 9.17) is 0 Å². The second kappa shape index (κ2) is 11.6. The van der Waals surface area contributed by atoms with Gasteiger partial charge < -0.3 is 10.2 Å². The first-order chi connectivity index (χ1) is 16.2. The van der Waals surface area contributed by atoms with Crippen molar-refractivity contribution in [3.05, 3.63) is 65.7 Å². The van der Waals surface area contributed by atoms with Crippen LogP contribution in [-0.4, -0.2) is 44.8 Å². The lowest BCUT2D eigenvalue weighted by atomic mass is 9.81. The molecule has 1 aliphatic rings. The highest BCUT2D eigenvalue weighted by molar-refractivity contribution is 7.89. The summed E-state index contributed by atoms with van der Waals surface area (Å²) in [4.78, 5) is 27.3. The molecule has 1 saturated carbocycles. The van der Waals surface area contributed by atoms with Crippen molar-refractivity contribution in [3.63, 3.8) is 0 Å². The number of benzene rings is 2. The van der Waals surface area contributed by atoms with Crippen LogP contribution in [-0.2, 0) is 26.2 Å². The number of amides is 2. The van der Waals surface area contributed by atoms with Gasteiger partial charge in [0.2, 0.25) is 21.8 Å². The third kappa shape index (κ3) is 7.14. The van der Waals surface area contributed by atoms with Crippen molar-refractivity contribution in [2.75, 3.05) is 13.6 Å². The van der Waals surface area contributed by atoms with Crippen LogP contribution in [0.5, 0.6) is 0 Å². The van der Waals surface area contributed by atoms with E-state index in [0.29, 0.717) is 25.9 Å². The zero-order chi connectivity index (χ0) is 24.7. The first kappa shape index (κ1) is 25.9. The molecule has 3 rings (SSSR count). The predicted molar refractivity (Wildman–Crippen MR) is 132 cm³/mol. The Morgan fingerprint density at radius 3 is 2.24 bits per heavy atom. The van der Waals surface area contributed by atoms with Gasteiger partial charge in [-0.05, 0) is 63.1 Å². The van der Waals surface area contributed by atoms with Crippen molar-refractivity contribution >= 4 is 21.8 Å². The van der Waals surface area contributed by atoms with E-state index in [2.05, 4.69) is 10.0 Å². The van der Waals surface area contributed by atoms with Crippen LogP contribution in [0.3, 0.4) is 0 Å². The fraction of sp³-hybridized carbons (Fsp3) is 0.462. The summed E-state index contributed by atoms with van der Waals surface area (Å²) in [5.74, 6) is -0.191. The number of carbonyl (C=O) groups is 2. The van der Waals surface area contributed by atoms with E-state index in [1.807, 2.05) is 37.3 Å². The van der Waals surface area contributed by atoms with Gasteiger partial charge in [-0.15, -0.1) is 0 Å². The predicted octanol–water partition coefficient (Wildman–Crippen LogP) is 3.24. The smallest absolute Gasteiger partial charge is 0.244 e. The molecule has 34 heavy (non-hydrogen) atoms. The Bertz CT molecular complexity index is 1060. The number of rotatable bonds is 9. The van der Waals surface area contributed by atoms with Crippen LogP contribution in [0.25, 0.3) is 0 Å². The van der Waals surface area contributed by atoms with Gasteiger partial charge in [-0.25, -0.2) is 13.1 Å². The molecule has 0 bridgehead atoms. The fourth-order valence-electron chi connectivity index (χ4n) is 4.32. The highest BCUT2D eigenvalue weighted by Gasteiger charge is 2.29. The van der Waals surface area contributed by atoms with Crippen LogP contribution >= 0.6 is 0 Å². The lowest BCUT2D eigenvalue weighted by Crippen LogP contribution is -2.47. The highest BCUT2D eigenvalue weighted by atomic mass is 32.2. The third-order valence-electron chi connectivity index (χ3n) is 6.48. The molecule has 0 saturated heterocycles. The monoisotopic (exact) mass is 485 g/mol. The lowest BCUT2D eigenvalue weighted by Gasteiger charge is -2.29. The molecule has 0 unspecified atom stereocenters. The summed E-state index contributed by atoms with van der Waals surface area (Å²) < 4.78 is 27.7. The minimum Gasteiger partial charge on any atom is -0.344 e. The maximum Gasteiger partial charge on any atom is 0.244 e. The van der Waals surface area contributed by atoms with Crippen molar-refractivity contribution in [2.24, 2.45) is 11.8 Å². The van der Waals surface area contributed by atoms with E-state index >= 15 is 0 Å².